The Hall–Kier alpha value is -3.23. The van der Waals surface area contributed by atoms with Gasteiger partial charge in [-0.2, -0.15) is 0 Å². The number of hydrogen-bond donors (Lipinski definition) is 1. The lowest BCUT2D eigenvalue weighted by Gasteiger charge is -2.13. The predicted molar refractivity (Wildman–Crippen MR) is 78.5 cm³/mol. The third kappa shape index (κ3) is 4.19. The number of para-hydroxylation sites is 1. The maximum atomic E-state index is 12.4. The van der Waals surface area contributed by atoms with Crippen LogP contribution in [0.25, 0.3) is 11.5 Å². The first kappa shape index (κ1) is 16.6. The lowest BCUT2D eigenvalue weighted by atomic mass is 10.2. The van der Waals surface area contributed by atoms with Crippen LogP contribution in [-0.2, 0) is 6.54 Å². The van der Waals surface area contributed by atoms with Crippen molar-refractivity contribution in [2.75, 3.05) is 0 Å². The number of carbonyl (C=O) groups excluding carboxylic acids is 1. The van der Waals surface area contributed by atoms with Crippen LogP contribution in [0.3, 0.4) is 0 Å². The molecule has 2 heterocycles. The maximum Gasteiger partial charge on any atom is 0.573 e. The molecule has 0 aliphatic carbocycles. The molecule has 1 amide bonds. The molecule has 0 unspecified atom stereocenters. The van der Waals surface area contributed by atoms with Crippen LogP contribution in [0.15, 0.2) is 57.7 Å². The summed E-state index contributed by atoms with van der Waals surface area (Å²) in [6.45, 7) is -0.173. The van der Waals surface area contributed by atoms with Crippen molar-refractivity contribution in [2.24, 2.45) is 0 Å². The highest BCUT2D eigenvalue weighted by molar-refractivity contribution is 5.92. The number of hydrogen-bond acceptors (Lipinski definition) is 5. The van der Waals surface area contributed by atoms with E-state index in [9.17, 15) is 18.0 Å². The van der Waals surface area contributed by atoms with Gasteiger partial charge in [0.25, 0.3) is 5.91 Å². The average Bonchev–Trinajstić information content (AvgIpc) is 3.23. The number of carbonyl (C=O) groups is 1. The van der Waals surface area contributed by atoms with E-state index in [4.69, 9.17) is 8.94 Å². The van der Waals surface area contributed by atoms with Crippen LogP contribution >= 0.6 is 0 Å². The fraction of sp³-hybridized carbons (Fsp3) is 0.125. The molecule has 0 radical (unpaired) electrons. The second kappa shape index (κ2) is 6.71. The Morgan fingerprint density at radius 1 is 1.16 bits per heavy atom. The molecule has 0 fully saturated rings. The maximum absolute atomic E-state index is 12.4. The van der Waals surface area contributed by atoms with Crippen molar-refractivity contribution in [1.82, 2.24) is 10.5 Å². The van der Waals surface area contributed by atoms with Crippen LogP contribution < -0.4 is 10.1 Å². The molecule has 0 spiro atoms. The first-order valence-corrected chi connectivity index (χ1v) is 7.05. The van der Waals surface area contributed by atoms with Crippen LogP contribution in [0, 0.1) is 0 Å². The van der Waals surface area contributed by atoms with E-state index >= 15 is 0 Å². The van der Waals surface area contributed by atoms with Crippen molar-refractivity contribution in [3.8, 4) is 17.3 Å². The zero-order valence-corrected chi connectivity index (χ0v) is 12.5. The van der Waals surface area contributed by atoms with Crippen LogP contribution in [0.4, 0.5) is 13.2 Å². The summed E-state index contributed by atoms with van der Waals surface area (Å²) in [5.74, 6) is -0.332. The first-order valence-electron chi connectivity index (χ1n) is 7.05. The highest BCUT2D eigenvalue weighted by Gasteiger charge is 2.32. The van der Waals surface area contributed by atoms with E-state index in [2.05, 4.69) is 15.2 Å². The number of nitrogens with one attached hydrogen (secondary N) is 1. The molecule has 25 heavy (non-hydrogen) atoms. The molecular formula is C16H11F3N2O4. The molecule has 2 aromatic heterocycles. The number of ether oxygens (including phenoxy) is 1. The Bertz CT molecular complexity index is 856. The summed E-state index contributed by atoms with van der Waals surface area (Å²) in [4.78, 5) is 12.1. The number of amides is 1. The van der Waals surface area contributed by atoms with E-state index < -0.39 is 12.3 Å². The number of furan rings is 1. The summed E-state index contributed by atoms with van der Waals surface area (Å²) in [5, 5.41) is 6.07. The molecule has 0 aliphatic heterocycles. The van der Waals surface area contributed by atoms with Crippen molar-refractivity contribution in [3.63, 3.8) is 0 Å². The normalized spacial score (nSPS) is 11.3. The Morgan fingerprint density at radius 2 is 1.96 bits per heavy atom. The van der Waals surface area contributed by atoms with Gasteiger partial charge in [-0.1, -0.05) is 23.4 Å². The summed E-state index contributed by atoms with van der Waals surface area (Å²) >= 11 is 0. The summed E-state index contributed by atoms with van der Waals surface area (Å²) in [7, 11) is 0. The van der Waals surface area contributed by atoms with Crippen molar-refractivity contribution < 1.29 is 31.6 Å². The number of alkyl halides is 3. The van der Waals surface area contributed by atoms with Gasteiger partial charge in [0.15, 0.2) is 11.5 Å². The SMILES string of the molecule is O=C(NCc1ccccc1OC(F)(F)F)c1cc(-c2ccco2)on1. The van der Waals surface area contributed by atoms with Crippen LogP contribution in [0.2, 0.25) is 0 Å². The van der Waals surface area contributed by atoms with Crippen LogP contribution in [0.5, 0.6) is 5.75 Å². The van der Waals surface area contributed by atoms with Crippen molar-refractivity contribution in [2.45, 2.75) is 12.9 Å². The second-order valence-electron chi connectivity index (χ2n) is 4.89. The van der Waals surface area contributed by atoms with Crippen LogP contribution in [-0.4, -0.2) is 17.4 Å². The molecule has 0 saturated heterocycles. The number of benzene rings is 1. The van der Waals surface area contributed by atoms with Gasteiger partial charge in [-0.3, -0.25) is 4.79 Å². The van der Waals surface area contributed by atoms with E-state index in [1.165, 1.54) is 36.6 Å². The zero-order chi connectivity index (χ0) is 17.9. The lowest BCUT2D eigenvalue weighted by Crippen LogP contribution is -2.24. The molecular weight excluding hydrogens is 341 g/mol. The third-order valence-corrected chi connectivity index (χ3v) is 3.14. The van der Waals surface area contributed by atoms with Crippen molar-refractivity contribution in [1.29, 1.82) is 0 Å². The van der Waals surface area contributed by atoms with Gasteiger partial charge < -0.3 is 19.0 Å². The van der Waals surface area contributed by atoms with Crippen LogP contribution in [0.1, 0.15) is 16.1 Å². The molecule has 3 rings (SSSR count). The highest BCUT2D eigenvalue weighted by atomic mass is 19.4. The van der Waals surface area contributed by atoms with E-state index in [1.54, 1.807) is 12.1 Å². The lowest BCUT2D eigenvalue weighted by molar-refractivity contribution is -0.274. The molecule has 1 aromatic carbocycles. The largest absolute Gasteiger partial charge is 0.573 e. The summed E-state index contributed by atoms with van der Waals surface area (Å²) in [6.07, 6.45) is -3.38. The standard InChI is InChI=1S/C16H11F3N2O4/c17-16(18,19)24-12-5-2-1-4-10(12)9-20-15(22)11-8-14(25-21-11)13-6-3-7-23-13/h1-8H,9H2,(H,20,22). The molecule has 1 N–H and O–H groups in total. The second-order valence-corrected chi connectivity index (χ2v) is 4.89. The van der Waals surface area contributed by atoms with Gasteiger partial charge in [0.2, 0.25) is 5.76 Å². The smallest absolute Gasteiger partial charge is 0.461 e. The first-order chi connectivity index (χ1) is 11.9. The Morgan fingerprint density at radius 3 is 2.68 bits per heavy atom. The Balaban J connectivity index is 1.67. The minimum absolute atomic E-state index is 0.0272. The third-order valence-electron chi connectivity index (χ3n) is 3.14. The topological polar surface area (TPSA) is 77.5 Å². The van der Waals surface area contributed by atoms with E-state index in [0.29, 0.717) is 5.76 Å². The minimum Gasteiger partial charge on any atom is -0.461 e. The summed E-state index contributed by atoms with van der Waals surface area (Å²) < 4.78 is 51.2. The molecule has 9 heteroatoms. The number of nitrogens with zero attached hydrogens (tertiary/aromatic N) is 1. The van der Waals surface area contributed by atoms with Gasteiger partial charge >= 0.3 is 6.36 Å². The molecule has 3 aromatic rings. The number of halogens is 3. The van der Waals surface area contributed by atoms with Gasteiger partial charge in [0.1, 0.15) is 5.75 Å². The number of rotatable bonds is 5. The fourth-order valence-corrected chi connectivity index (χ4v) is 2.06. The van der Waals surface area contributed by atoms with E-state index in [1.807, 2.05) is 0 Å². The fourth-order valence-electron chi connectivity index (χ4n) is 2.06. The highest BCUT2D eigenvalue weighted by Crippen LogP contribution is 2.26. The zero-order valence-electron chi connectivity index (χ0n) is 12.5. The van der Waals surface area contributed by atoms with E-state index in [-0.39, 0.29) is 29.3 Å². The summed E-state index contributed by atoms with van der Waals surface area (Å²) in [5.41, 5.74) is 0.142. The number of aromatic nitrogens is 1. The minimum atomic E-state index is -4.82. The van der Waals surface area contributed by atoms with Gasteiger partial charge in [0, 0.05) is 18.2 Å². The monoisotopic (exact) mass is 352 g/mol. The van der Waals surface area contributed by atoms with Gasteiger partial charge in [-0.05, 0) is 18.2 Å². The molecule has 6 nitrogen and oxygen atoms in total. The molecule has 130 valence electrons. The Labute approximate surface area is 139 Å². The predicted octanol–water partition coefficient (Wildman–Crippen LogP) is 3.76. The summed E-state index contributed by atoms with van der Waals surface area (Å²) in [6, 6.07) is 10.2. The average molecular weight is 352 g/mol. The molecule has 0 saturated carbocycles. The molecule has 0 bridgehead atoms. The Kier molecular flexibility index (Phi) is 4.46. The van der Waals surface area contributed by atoms with E-state index in [0.717, 1.165) is 0 Å². The van der Waals surface area contributed by atoms with Gasteiger partial charge in [-0.25, -0.2) is 0 Å². The van der Waals surface area contributed by atoms with Gasteiger partial charge in [0.05, 0.1) is 6.26 Å². The van der Waals surface area contributed by atoms with Crippen molar-refractivity contribution in [3.05, 3.63) is 60.0 Å². The van der Waals surface area contributed by atoms with Gasteiger partial charge in [-0.15, -0.1) is 13.2 Å². The molecule has 0 atom stereocenters. The molecule has 0 aliphatic rings. The quantitative estimate of drug-likeness (QED) is 0.756. The van der Waals surface area contributed by atoms with Crippen molar-refractivity contribution >= 4 is 5.91 Å².